The Kier molecular flexibility index (Phi) is 6.04. The molecule has 29 heavy (non-hydrogen) atoms. The average Bonchev–Trinajstić information content (AvgIpc) is 3.19. The molecule has 0 bridgehead atoms. The highest BCUT2D eigenvalue weighted by Gasteiger charge is 2.27. The van der Waals surface area contributed by atoms with Crippen molar-refractivity contribution in [2.75, 3.05) is 6.61 Å². The molecule has 152 valence electrons. The van der Waals surface area contributed by atoms with Gasteiger partial charge in [0.15, 0.2) is 5.78 Å². The van der Waals surface area contributed by atoms with Gasteiger partial charge in [-0.2, -0.15) is 5.26 Å². The summed E-state index contributed by atoms with van der Waals surface area (Å²) >= 11 is 0. The number of ketones is 1. The van der Waals surface area contributed by atoms with E-state index >= 15 is 0 Å². The van der Waals surface area contributed by atoms with E-state index in [0.717, 1.165) is 17.4 Å². The van der Waals surface area contributed by atoms with Gasteiger partial charge in [-0.25, -0.2) is 0 Å². The maximum Gasteiger partial charge on any atom is 0.271 e. The molecule has 3 rings (SSSR count). The maximum atomic E-state index is 13.1. The molecule has 1 aromatic carbocycles. The van der Waals surface area contributed by atoms with Crippen molar-refractivity contribution < 1.29 is 19.4 Å². The van der Waals surface area contributed by atoms with Gasteiger partial charge in [0.2, 0.25) is 5.88 Å². The zero-order chi connectivity index (χ0) is 21.1. The summed E-state index contributed by atoms with van der Waals surface area (Å²) in [4.78, 5) is 25.8. The standard InChI is InChI=1S/C22H24N2O5/c1-13(2)29-16-8-6-15(7-9-16)20(25)19-14(3)18(11-23)21(26)24(22(19)27)12-17-5-4-10-28-17/h6-9,13,17,27H,4-5,10,12H2,1-3H3. The number of ether oxygens (including phenoxy) is 2. The Bertz CT molecular complexity index is 1010. The summed E-state index contributed by atoms with van der Waals surface area (Å²) in [7, 11) is 0. The highest BCUT2D eigenvalue weighted by atomic mass is 16.5. The molecule has 1 atom stereocenters. The van der Waals surface area contributed by atoms with Crippen LogP contribution in [0.25, 0.3) is 0 Å². The van der Waals surface area contributed by atoms with Crippen LogP contribution in [-0.2, 0) is 11.3 Å². The first kappa shape index (κ1) is 20.6. The van der Waals surface area contributed by atoms with Gasteiger partial charge in [-0.1, -0.05) is 0 Å². The number of benzene rings is 1. The molecule has 0 saturated carbocycles. The van der Waals surface area contributed by atoms with Gasteiger partial charge in [0, 0.05) is 12.2 Å². The van der Waals surface area contributed by atoms with E-state index in [0.29, 0.717) is 17.9 Å². The van der Waals surface area contributed by atoms with Gasteiger partial charge >= 0.3 is 0 Å². The zero-order valence-corrected chi connectivity index (χ0v) is 16.8. The second-order valence-corrected chi connectivity index (χ2v) is 7.38. The fourth-order valence-electron chi connectivity index (χ4n) is 3.49. The second-order valence-electron chi connectivity index (χ2n) is 7.38. The Morgan fingerprint density at radius 1 is 1.38 bits per heavy atom. The number of aromatic hydroxyl groups is 1. The molecule has 2 heterocycles. The van der Waals surface area contributed by atoms with E-state index in [-0.39, 0.29) is 35.4 Å². The molecule has 1 fully saturated rings. The SMILES string of the molecule is Cc1c(C(=O)c2ccc(OC(C)C)cc2)c(O)n(CC2CCCO2)c(=O)c1C#N. The van der Waals surface area contributed by atoms with E-state index < -0.39 is 17.2 Å². The average molecular weight is 396 g/mol. The van der Waals surface area contributed by atoms with Gasteiger partial charge in [0.25, 0.3) is 5.56 Å². The van der Waals surface area contributed by atoms with Crippen molar-refractivity contribution >= 4 is 5.78 Å². The normalized spacial score (nSPS) is 16.0. The number of nitrogens with zero attached hydrogens (tertiary/aromatic N) is 2. The molecular formula is C22H24N2O5. The third-order valence-corrected chi connectivity index (χ3v) is 4.93. The lowest BCUT2D eigenvalue weighted by Crippen LogP contribution is -2.30. The van der Waals surface area contributed by atoms with E-state index in [9.17, 15) is 20.0 Å². The lowest BCUT2D eigenvalue weighted by atomic mass is 9.97. The monoisotopic (exact) mass is 396 g/mol. The summed E-state index contributed by atoms with van der Waals surface area (Å²) in [6, 6.07) is 8.42. The molecule has 1 unspecified atom stereocenters. The summed E-state index contributed by atoms with van der Waals surface area (Å²) in [6.45, 7) is 6.00. The van der Waals surface area contributed by atoms with Crippen molar-refractivity contribution in [1.29, 1.82) is 5.26 Å². The summed E-state index contributed by atoms with van der Waals surface area (Å²) in [5.74, 6) is -0.276. The van der Waals surface area contributed by atoms with E-state index in [4.69, 9.17) is 9.47 Å². The molecular weight excluding hydrogens is 372 g/mol. The smallest absolute Gasteiger partial charge is 0.271 e. The van der Waals surface area contributed by atoms with Gasteiger partial charge in [-0.05, 0) is 63.4 Å². The van der Waals surface area contributed by atoms with Crippen LogP contribution in [0.4, 0.5) is 0 Å². The van der Waals surface area contributed by atoms with E-state index in [1.807, 2.05) is 19.9 Å². The number of hydrogen-bond acceptors (Lipinski definition) is 6. The molecule has 2 aromatic rings. The number of carbonyl (C=O) groups is 1. The first-order chi connectivity index (χ1) is 13.8. The van der Waals surface area contributed by atoms with Crippen LogP contribution < -0.4 is 10.3 Å². The van der Waals surface area contributed by atoms with Crippen molar-refractivity contribution in [3.8, 4) is 17.7 Å². The van der Waals surface area contributed by atoms with Crippen LogP contribution in [0.2, 0.25) is 0 Å². The van der Waals surface area contributed by atoms with Crippen LogP contribution in [0.1, 0.15) is 53.7 Å². The third-order valence-electron chi connectivity index (χ3n) is 4.93. The van der Waals surface area contributed by atoms with E-state index in [1.54, 1.807) is 24.3 Å². The second kappa shape index (κ2) is 8.50. The number of pyridine rings is 1. The minimum atomic E-state index is -0.616. The van der Waals surface area contributed by atoms with Crippen LogP contribution in [-0.4, -0.2) is 34.3 Å². The van der Waals surface area contributed by atoms with Gasteiger partial charge in [0.1, 0.15) is 17.4 Å². The molecule has 1 N–H and O–H groups in total. The van der Waals surface area contributed by atoms with Gasteiger partial charge < -0.3 is 14.6 Å². The molecule has 1 aromatic heterocycles. The molecule has 0 radical (unpaired) electrons. The lowest BCUT2D eigenvalue weighted by molar-refractivity contribution is 0.0929. The van der Waals surface area contributed by atoms with Crippen molar-refractivity contribution in [2.24, 2.45) is 0 Å². The fourth-order valence-corrected chi connectivity index (χ4v) is 3.49. The van der Waals surface area contributed by atoms with Gasteiger partial charge in [-0.15, -0.1) is 0 Å². The summed E-state index contributed by atoms with van der Waals surface area (Å²) in [5, 5.41) is 20.3. The highest BCUT2D eigenvalue weighted by molar-refractivity contribution is 6.11. The Hall–Kier alpha value is -3.11. The molecule has 0 amide bonds. The number of nitriles is 1. The molecule has 7 heteroatoms. The number of rotatable bonds is 6. The van der Waals surface area contributed by atoms with E-state index in [2.05, 4.69) is 0 Å². The molecule has 1 aliphatic rings. The van der Waals surface area contributed by atoms with Crippen LogP contribution in [0.3, 0.4) is 0 Å². The summed E-state index contributed by atoms with van der Waals surface area (Å²) < 4.78 is 12.2. The minimum absolute atomic E-state index is 0.00221. The number of hydrogen-bond donors (Lipinski definition) is 1. The van der Waals surface area contributed by atoms with Crippen molar-refractivity contribution in [1.82, 2.24) is 4.57 Å². The zero-order valence-electron chi connectivity index (χ0n) is 16.8. The molecule has 1 saturated heterocycles. The van der Waals surface area contributed by atoms with Crippen LogP contribution >= 0.6 is 0 Å². The Labute approximate surface area is 169 Å². The molecule has 7 nitrogen and oxygen atoms in total. The summed E-state index contributed by atoms with van der Waals surface area (Å²) in [5.41, 5.74) is -0.312. The van der Waals surface area contributed by atoms with Crippen molar-refractivity contribution in [3.05, 3.63) is 56.9 Å². The molecule has 0 spiro atoms. The van der Waals surface area contributed by atoms with Crippen molar-refractivity contribution in [3.63, 3.8) is 0 Å². The van der Waals surface area contributed by atoms with Gasteiger partial charge in [-0.3, -0.25) is 14.2 Å². The predicted octanol–water partition coefficient (Wildman–Crippen LogP) is 2.93. The van der Waals surface area contributed by atoms with E-state index in [1.165, 1.54) is 6.92 Å². The maximum absolute atomic E-state index is 13.1. The van der Waals surface area contributed by atoms with Crippen LogP contribution in [0.5, 0.6) is 11.6 Å². The molecule has 0 aliphatic carbocycles. The van der Waals surface area contributed by atoms with Crippen molar-refractivity contribution in [2.45, 2.75) is 52.4 Å². The third kappa shape index (κ3) is 4.17. The largest absolute Gasteiger partial charge is 0.494 e. The Morgan fingerprint density at radius 3 is 2.62 bits per heavy atom. The topological polar surface area (TPSA) is 102 Å². The first-order valence-electron chi connectivity index (χ1n) is 9.63. The molecule has 1 aliphatic heterocycles. The van der Waals surface area contributed by atoms with Crippen LogP contribution in [0.15, 0.2) is 29.1 Å². The number of carbonyl (C=O) groups excluding carboxylic acids is 1. The highest BCUT2D eigenvalue weighted by Crippen LogP contribution is 2.27. The number of aromatic nitrogens is 1. The fraction of sp³-hybridized carbons (Fsp3) is 0.409. The Balaban J connectivity index is 2.04. The first-order valence-corrected chi connectivity index (χ1v) is 9.63. The van der Waals surface area contributed by atoms with Gasteiger partial charge in [0.05, 0.1) is 24.3 Å². The lowest BCUT2D eigenvalue weighted by Gasteiger charge is -2.18. The summed E-state index contributed by atoms with van der Waals surface area (Å²) in [6.07, 6.45) is 1.39. The quantitative estimate of drug-likeness (QED) is 0.754. The van der Waals surface area contributed by atoms with Crippen LogP contribution in [0, 0.1) is 18.3 Å². The predicted molar refractivity (Wildman–Crippen MR) is 106 cm³/mol. The minimum Gasteiger partial charge on any atom is -0.494 e. The Morgan fingerprint density at radius 2 is 2.07 bits per heavy atom.